The number of hydrogen-bond acceptors (Lipinski definition) is 2. The molecule has 0 radical (unpaired) electrons. The number of rotatable bonds is 4. The van der Waals surface area contributed by atoms with Crippen LogP contribution < -0.4 is 0 Å². The van der Waals surface area contributed by atoms with Gasteiger partial charge in [-0.05, 0) is 38.0 Å². The molecule has 7 heteroatoms. The van der Waals surface area contributed by atoms with Gasteiger partial charge in [-0.25, -0.2) is 8.42 Å². The topological polar surface area (TPSA) is 34.1 Å². The summed E-state index contributed by atoms with van der Waals surface area (Å²) in [5.74, 6) is 0. The van der Waals surface area contributed by atoms with Crippen LogP contribution in [0.15, 0.2) is 24.3 Å². The third-order valence-corrected chi connectivity index (χ3v) is 6.43. The van der Waals surface area contributed by atoms with Crippen molar-refractivity contribution in [3.8, 4) is 0 Å². The highest BCUT2D eigenvalue weighted by Gasteiger charge is 2.38. The monoisotopic (exact) mass is 328 g/mol. The van der Waals surface area contributed by atoms with Gasteiger partial charge in [-0.3, -0.25) is 0 Å². The maximum atomic E-state index is 12.4. The first-order valence-electron chi connectivity index (χ1n) is 5.85. The van der Waals surface area contributed by atoms with Gasteiger partial charge in [-0.15, -0.1) is 11.6 Å². The number of halogens is 4. The van der Waals surface area contributed by atoms with Crippen LogP contribution in [0, 0.1) is 0 Å². The molecule has 0 saturated heterocycles. The largest absolute Gasteiger partial charge is 0.416 e. The molecule has 1 aromatic carbocycles. The van der Waals surface area contributed by atoms with Crippen molar-refractivity contribution in [2.45, 2.75) is 36.6 Å². The van der Waals surface area contributed by atoms with Crippen LogP contribution in [-0.2, 0) is 22.4 Å². The van der Waals surface area contributed by atoms with Crippen molar-refractivity contribution in [3.63, 3.8) is 0 Å². The van der Waals surface area contributed by atoms with Crippen molar-refractivity contribution < 1.29 is 21.6 Å². The standard InChI is InChI=1S/C13H16ClF3O2S/c1-12(2,20(3,18)19)11(14)8-9-4-6-10(7-5-9)13(15,16)17/h4-7,11H,8H2,1-3H3. The lowest BCUT2D eigenvalue weighted by atomic mass is 10.0. The van der Waals surface area contributed by atoms with E-state index in [0.717, 1.165) is 18.4 Å². The highest BCUT2D eigenvalue weighted by Crippen LogP contribution is 2.31. The van der Waals surface area contributed by atoms with Crippen molar-refractivity contribution in [2.75, 3.05) is 6.26 Å². The fraction of sp³-hybridized carbons (Fsp3) is 0.538. The van der Waals surface area contributed by atoms with Gasteiger partial charge in [-0.1, -0.05) is 12.1 Å². The Labute approximate surface area is 121 Å². The zero-order valence-electron chi connectivity index (χ0n) is 11.3. The molecule has 0 N–H and O–H groups in total. The van der Waals surface area contributed by atoms with Gasteiger partial charge in [0.1, 0.15) is 0 Å². The van der Waals surface area contributed by atoms with Crippen molar-refractivity contribution in [1.82, 2.24) is 0 Å². The Hall–Kier alpha value is -0.750. The highest BCUT2D eigenvalue weighted by atomic mass is 35.5. The van der Waals surface area contributed by atoms with Gasteiger partial charge in [-0.2, -0.15) is 13.2 Å². The van der Waals surface area contributed by atoms with E-state index in [1.54, 1.807) is 0 Å². The zero-order chi connectivity index (χ0) is 15.8. The molecular weight excluding hydrogens is 313 g/mol. The van der Waals surface area contributed by atoms with Crippen LogP contribution in [0.5, 0.6) is 0 Å². The Kier molecular flexibility index (Phi) is 4.81. The third kappa shape index (κ3) is 3.88. The molecule has 1 atom stereocenters. The first-order chi connectivity index (χ1) is 8.85. The SMILES string of the molecule is CC(C)(C(Cl)Cc1ccc(C(F)(F)F)cc1)S(C)(=O)=O. The van der Waals surface area contributed by atoms with E-state index in [0.29, 0.717) is 5.56 Å². The summed E-state index contributed by atoms with van der Waals surface area (Å²) >= 11 is 6.12. The molecule has 0 spiro atoms. The van der Waals surface area contributed by atoms with E-state index >= 15 is 0 Å². The fourth-order valence-corrected chi connectivity index (χ4v) is 2.73. The summed E-state index contributed by atoms with van der Waals surface area (Å²) in [5, 5.41) is -0.728. The molecule has 0 aliphatic rings. The van der Waals surface area contributed by atoms with Gasteiger partial charge in [0.05, 0.1) is 15.7 Å². The summed E-state index contributed by atoms with van der Waals surface area (Å²) in [4.78, 5) is 0. The number of hydrogen-bond donors (Lipinski definition) is 0. The van der Waals surface area contributed by atoms with Gasteiger partial charge in [0.2, 0.25) is 0 Å². The second-order valence-electron chi connectivity index (χ2n) is 5.24. The van der Waals surface area contributed by atoms with E-state index in [9.17, 15) is 21.6 Å². The summed E-state index contributed by atoms with van der Waals surface area (Å²) in [7, 11) is -3.37. The smallest absolute Gasteiger partial charge is 0.229 e. The lowest BCUT2D eigenvalue weighted by Crippen LogP contribution is -2.41. The summed E-state index contributed by atoms with van der Waals surface area (Å²) in [6, 6.07) is 4.56. The number of benzene rings is 1. The van der Waals surface area contributed by atoms with Gasteiger partial charge in [0.15, 0.2) is 9.84 Å². The quantitative estimate of drug-likeness (QED) is 0.790. The maximum absolute atomic E-state index is 12.4. The van der Waals surface area contributed by atoms with Crippen molar-refractivity contribution in [2.24, 2.45) is 0 Å². The van der Waals surface area contributed by atoms with Crippen LogP contribution in [0.2, 0.25) is 0 Å². The molecule has 0 amide bonds. The van der Waals surface area contributed by atoms with Crippen molar-refractivity contribution >= 4 is 21.4 Å². The summed E-state index contributed by atoms with van der Waals surface area (Å²) in [6.07, 6.45) is -3.11. The fourth-order valence-electron chi connectivity index (χ4n) is 1.51. The molecule has 0 fully saturated rings. The van der Waals surface area contributed by atoms with E-state index in [-0.39, 0.29) is 6.42 Å². The maximum Gasteiger partial charge on any atom is 0.416 e. The zero-order valence-corrected chi connectivity index (χ0v) is 12.9. The van der Waals surface area contributed by atoms with Gasteiger partial charge in [0, 0.05) is 6.26 Å². The molecule has 0 aliphatic carbocycles. The van der Waals surface area contributed by atoms with E-state index in [1.807, 2.05) is 0 Å². The summed E-state index contributed by atoms with van der Waals surface area (Å²) in [6.45, 7) is 3.01. The molecule has 1 unspecified atom stereocenters. The lowest BCUT2D eigenvalue weighted by molar-refractivity contribution is -0.137. The molecular formula is C13H16ClF3O2S. The van der Waals surface area contributed by atoms with Crippen LogP contribution in [0.4, 0.5) is 13.2 Å². The first-order valence-corrected chi connectivity index (χ1v) is 8.18. The normalized spacial score (nSPS) is 15.2. The minimum absolute atomic E-state index is 0.180. The molecule has 0 aromatic heterocycles. The first kappa shape index (κ1) is 17.3. The molecule has 1 aromatic rings. The molecule has 0 saturated carbocycles. The Morgan fingerprint density at radius 3 is 1.95 bits per heavy atom. The second kappa shape index (κ2) is 5.56. The molecule has 2 nitrogen and oxygen atoms in total. The minimum Gasteiger partial charge on any atom is -0.229 e. The van der Waals surface area contributed by atoms with Crippen LogP contribution in [0.25, 0.3) is 0 Å². The molecule has 20 heavy (non-hydrogen) atoms. The minimum atomic E-state index is -4.38. The Morgan fingerprint density at radius 1 is 1.15 bits per heavy atom. The van der Waals surface area contributed by atoms with E-state index < -0.39 is 31.7 Å². The van der Waals surface area contributed by atoms with Crippen LogP contribution >= 0.6 is 11.6 Å². The molecule has 0 heterocycles. The molecule has 0 bridgehead atoms. The number of alkyl halides is 4. The van der Waals surface area contributed by atoms with Crippen LogP contribution in [-0.4, -0.2) is 24.8 Å². The lowest BCUT2D eigenvalue weighted by Gasteiger charge is -2.28. The Balaban J connectivity index is 2.90. The van der Waals surface area contributed by atoms with E-state index in [4.69, 9.17) is 11.6 Å². The summed E-state index contributed by atoms with van der Waals surface area (Å²) in [5.41, 5.74) is -0.176. The predicted molar refractivity (Wildman–Crippen MR) is 73.7 cm³/mol. The molecule has 1 rings (SSSR count). The van der Waals surface area contributed by atoms with E-state index in [2.05, 4.69) is 0 Å². The predicted octanol–water partition coefficient (Wildman–Crippen LogP) is 3.68. The number of sulfone groups is 1. The second-order valence-corrected chi connectivity index (χ2v) is 8.37. The molecule has 0 aliphatic heterocycles. The third-order valence-electron chi connectivity index (χ3n) is 3.41. The van der Waals surface area contributed by atoms with Crippen molar-refractivity contribution in [3.05, 3.63) is 35.4 Å². The van der Waals surface area contributed by atoms with Crippen LogP contribution in [0.1, 0.15) is 25.0 Å². The average Bonchev–Trinajstić information content (AvgIpc) is 2.26. The van der Waals surface area contributed by atoms with E-state index in [1.165, 1.54) is 26.0 Å². The van der Waals surface area contributed by atoms with Gasteiger partial charge < -0.3 is 0 Å². The van der Waals surface area contributed by atoms with Crippen LogP contribution in [0.3, 0.4) is 0 Å². The Bertz CT molecular complexity index is 562. The molecule has 114 valence electrons. The highest BCUT2D eigenvalue weighted by molar-refractivity contribution is 7.92. The van der Waals surface area contributed by atoms with Crippen molar-refractivity contribution in [1.29, 1.82) is 0 Å². The summed E-state index contributed by atoms with van der Waals surface area (Å²) < 4.78 is 59.4. The van der Waals surface area contributed by atoms with Gasteiger partial charge >= 0.3 is 6.18 Å². The Morgan fingerprint density at radius 2 is 1.60 bits per heavy atom. The van der Waals surface area contributed by atoms with Gasteiger partial charge in [0.25, 0.3) is 0 Å². The average molecular weight is 329 g/mol.